The molecule has 202 valence electrons. The number of aliphatic hydroxyl groups excluding tert-OH is 1. The van der Waals surface area contributed by atoms with E-state index < -0.39 is 17.7 Å². The Kier molecular flexibility index (Phi) is 7.39. The number of Topliss-reactive ketones (excluding diaryl/α,β-unsaturated/α-hetero) is 1. The van der Waals surface area contributed by atoms with Crippen LogP contribution in [0, 0.1) is 0 Å². The van der Waals surface area contributed by atoms with Gasteiger partial charge in [0.25, 0.3) is 11.7 Å². The summed E-state index contributed by atoms with van der Waals surface area (Å²) < 4.78 is 5.49. The number of ether oxygens (including phenoxy) is 1. The molecule has 0 radical (unpaired) electrons. The van der Waals surface area contributed by atoms with Crippen LogP contribution in [0.25, 0.3) is 5.76 Å². The molecule has 0 saturated carbocycles. The highest BCUT2D eigenvalue weighted by Crippen LogP contribution is 2.43. The first-order valence-electron chi connectivity index (χ1n) is 13.2. The Morgan fingerprint density at radius 2 is 1.59 bits per heavy atom. The predicted molar refractivity (Wildman–Crippen MR) is 152 cm³/mol. The average Bonchev–Trinajstić information content (AvgIpc) is 3.23. The lowest BCUT2D eigenvalue weighted by molar-refractivity contribution is -0.132. The third kappa shape index (κ3) is 5.00. The normalized spacial score (nSPS) is 19.7. The van der Waals surface area contributed by atoms with Gasteiger partial charge in [-0.05, 0) is 78.7 Å². The van der Waals surface area contributed by atoms with Crippen LogP contribution in [0.2, 0.25) is 0 Å². The van der Waals surface area contributed by atoms with E-state index in [1.807, 2.05) is 44.2 Å². The van der Waals surface area contributed by atoms with Crippen molar-refractivity contribution in [2.24, 2.45) is 0 Å². The molecular formula is C31H34N4O4. The molecule has 1 N–H and O–H groups in total. The lowest BCUT2D eigenvalue weighted by Crippen LogP contribution is -2.44. The van der Waals surface area contributed by atoms with Crippen LogP contribution in [0.3, 0.4) is 0 Å². The number of amides is 1. The highest BCUT2D eigenvalue weighted by atomic mass is 16.5. The molecule has 1 aromatic heterocycles. The van der Waals surface area contributed by atoms with Gasteiger partial charge in [0.05, 0.1) is 18.7 Å². The molecule has 3 heterocycles. The third-order valence-electron chi connectivity index (χ3n) is 7.59. The molecule has 2 saturated heterocycles. The maximum atomic E-state index is 13.5. The second kappa shape index (κ2) is 10.9. The Bertz CT molecular complexity index is 1390. The first-order chi connectivity index (χ1) is 18.8. The predicted octanol–water partition coefficient (Wildman–Crippen LogP) is 4.59. The summed E-state index contributed by atoms with van der Waals surface area (Å²) >= 11 is 0. The number of likely N-dealkylation sites (N-methyl/N-ethyl adjacent to an activating group) is 1. The van der Waals surface area contributed by atoms with Crippen LogP contribution in [0.15, 0.2) is 72.6 Å². The molecule has 39 heavy (non-hydrogen) atoms. The number of carbonyl (C=O) groups excluding carboxylic acids is 2. The largest absolute Gasteiger partial charge is 0.507 e. The van der Waals surface area contributed by atoms with E-state index in [2.05, 4.69) is 21.8 Å². The van der Waals surface area contributed by atoms with Crippen LogP contribution in [0.5, 0.6) is 5.75 Å². The monoisotopic (exact) mass is 526 g/mol. The number of rotatable bonds is 6. The van der Waals surface area contributed by atoms with Gasteiger partial charge in [0.2, 0.25) is 0 Å². The van der Waals surface area contributed by atoms with Gasteiger partial charge in [-0.15, -0.1) is 0 Å². The number of ketones is 1. The minimum atomic E-state index is -0.799. The summed E-state index contributed by atoms with van der Waals surface area (Å²) in [6.07, 6.45) is 3.24. The molecule has 0 spiro atoms. The van der Waals surface area contributed by atoms with Crippen LogP contribution in [0.4, 0.5) is 11.4 Å². The minimum Gasteiger partial charge on any atom is -0.507 e. The maximum absolute atomic E-state index is 13.5. The van der Waals surface area contributed by atoms with Gasteiger partial charge in [0.1, 0.15) is 11.5 Å². The number of aromatic nitrogens is 1. The van der Waals surface area contributed by atoms with E-state index in [1.54, 1.807) is 43.8 Å². The van der Waals surface area contributed by atoms with E-state index in [-0.39, 0.29) is 17.3 Å². The minimum absolute atomic E-state index is 0.0502. The second-order valence-electron chi connectivity index (χ2n) is 10.4. The number of piperazine rings is 1. The molecule has 1 atom stereocenters. The summed E-state index contributed by atoms with van der Waals surface area (Å²) in [6.45, 7) is 7.90. The highest BCUT2D eigenvalue weighted by Gasteiger charge is 2.47. The van der Waals surface area contributed by atoms with Crippen molar-refractivity contribution in [1.29, 1.82) is 0 Å². The molecular weight excluding hydrogens is 492 g/mol. The Hall–Kier alpha value is -4.17. The lowest BCUT2D eigenvalue weighted by Gasteiger charge is -2.34. The molecule has 8 heteroatoms. The summed E-state index contributed by atoms with van der Waals surface area (Å²) in [5.41, 5.74) is 3.76. The van der Waals surface area contributed by atoms with E-state index in [0.29, 0.717) is 22.6 Å². The van der Waals surface area contributed by atoms with Gasteiger partial charge < -0.3 is 19.6 Å². The van der Waals surface area contributed by atoms with E-state index in [1.165, 1.54) is 4.90 Å². The van der Waals surface area contributed by atoms with Gasteiger partial charge in [-0.3, -0.25) is 19.5 Å². The van der Waals surface area contributed by atoms with Crippen LogP contribution in [-0.2, 0) is 9.59 Å². The first-order valence-corrected chi connectivity index (χ1v) is 13.2. The molecule has 1 unspecified atom stereocenters. The van der Waals surface area contributed by atoms with Crippen molar-refractivity contribution < 1.29 is 19.4 Å². The molecule has 2 fully saturated rings. The van der Waals surface area contributed by atoms with Crippen molar-refractivity contribution in [3.8, 4) is 5.75 Å². The molecule has 2 aliphatic rings. The fraction of sp³-hybridized carbons (Fsp3) is 0.323. The maximum Gasteiger partial charge on any atom is 0.300 e. The number of nitrogens with zero attached hydrogens (tertiary/aromatic N) is 4. The van der Waals surface area contributed by atoms with E-state index in [0.717, 1.165) is 37.4 Å². The number of hydrogen-bond donors (Lipinski definition) is 1. The van der Waals surface area contributed by atoms with E-state index >= 15 is 0 Å². The molecule has 1 amide bonds. The standard InChI is InChI=1S/C31H34N4O4/c1-20(2)25-19-22(5-10-26(25)39-4)29(36)27-28(21-11-13-32-14-12-21)35(31(38)30(27)37)24-8-6-23(7-9-24)34-17-15-33(3)16-18-34/h5-14,19-20,28,36H,15-18H2,1-4H3/b29-27-. The SMILES string of the molecule is COc1ccc(/C(O)=C2/C(=O)C(=O)N(c3ccc(N4CCN(C)CC4)cc3)C2c2ccncc2)cc1C(C)C. The number of benzene rings is 2. The third-order valence-corrected chi connectivity index (χ3v) is 7.59. The Morgan fingerprint density at radius 3 is 2.21 bits per heavy atom. The zero-order valence-corrected chi connectivity index (χ0v) is 22.8. The molecule has 8 nitrogen and oxygen atoms in total. The van der Waals surface area contributed by atoms with Crippen LogP contribution < -0.4 is 14.5 Å². The van der Waals surface area contributed by atoms with Crippen LogP contribution in [-0.4, -0.2) is 67.0 Å². The van der Waals surface area contributed by atoms with Crippen molar-refractivity contribution in [3.05, 3.63) is 89.3 Å². The molecule has 2 aliphatic heterocycles. The number of methoxy groups -OCH3 is 1. The van der Waals surface area contributed by atoms with E-state index in [4.69, 9.17) is 4.74 Å². The molecule has 3 aromatic rings. The van der Waals surface area contributed by atoms with Crippen molar-refractivity contribution in [1.82, 2.24) is 9.88 Å². The lowest BCUT2D eigenvalue weighted by atomic mass is 9.93. The topological polar surface area (TPSA) is 86.2 Å². The van der Waals surface area contributed by atoms with Gasteiger partial charge in [0, 0.05) is 55.5 Å². The smallest absolute Gasteiger partial charge is 0.300 e. The van der Waals surface area contributed by atoms with Gasteiger partial charge in [0.15, 0.2) is 0 Å². The number of hydrogen-bond acceptors (Lipinski definition) is 7. The molecule has 2 aromatic carbocycles. The van der Waals surface area contributed by atoms with Crippen molar-refractivity contribution >= 4 is 28.8 Å². The van der Waals surface area contributed by atoms with Crippen molar-refractivity contribution in [3.63, 3.8) is 0 Å². The number of anilines is 2. The first kappa shape index (κ1) is 26.4. The summed E-state index contributed by atoms with van der Waals surface area (Å²) in [5, 5.41) is 11.5. The molecule has 0 aliphatic carbocycles. The van der Waals surface area contributed by atoms with Gasteiger partial charge in [-0.25, -0.2) is 0 Å². The van der Waals surface area contributed by atoms with Gasteiger partial charge in [-0.2, -0.15) is 0 Å². The summed E-state index contributed by atoms with van der Waals surface area (Å²) in [5.74, 6) is -0.781. The second-order valence-corrected chi connectivity index (χ2v) is 10.4. The highest BCUT2D eigenvalue weighted by molar-refractivity contribution is 6.51. The van der Waals surface area contributed by atoms with E-state index in [9.17, 15) is 14.7 Å². The fourth-order valence-corrected chi connectivity index (χ4v) is 5.34. The Morgan fingerprint density at radius 1 is 0.949 bits per heavy atom. The van der Waals surface area contributed by atoms with Crippen molar-refractivity contribution in [2.45, 2.75) is 25.8 Å². The molecule has 0 bridgehead atoms. The molecule has 5 rings (SSSR count). The average molecular weight is 527 g/mol. The van der Waals surface area contributed by atoms with Gasteiger partial charge in [-0.1, -0.05) is 13.8 Å². The zero-order chi connectivity index (χ0) is 27.7. The Labute approximate surface area is 229 Å². The summed E-state index contributed by atoms with van der Waals surface area (Å²) in [6, 6.07) is 15.8. The van der Waals surface area contributed by atoms with Gasteiger partial charge >= 0.3 is 0 Å². The number of carbonyl (C=O) groups is 2. The Balaban J connectivity index is 1.58. The summed E-state index contributed by atoms with van der Waals surface area (Å²) in [7, 11) is 3.72. The van der Waals surface area contributed by atoms with Crippen LogP contribution >= 0.6 is 0 Å². The van der Waals surface area contributed by atoms with Crippen molar-refractivity contribution in [2.75, 3.05) is 50.1 Å². The quantitative estimate of drug-likeness (QED) is 0.286. The fourth-order valence-electron chi connectivity index (χ4n) is 5.34. The number of aliphatic hydroxyl groups is 1. The zero-order valence-electron chi connectivity index (χ0n) is 22.8. The van der Waals surface area contributed by atoms with Crippen LogP contribution in [0.1, 0.15) is 42.5 Å². The summed E-state index contributed by atoms with van der Waals surface area (Å²) in [4.78, 5) is 37.2. The number of pyridine rings is 1.